The molecular weight excluding hydrogens is 170 g/mol. The second-order valence-corrected chi connectivity index (χ2v) is 4.29. The Morgan fingerprint density at radius 3 is 2.46 bits per heavy atom. The number of nitrogens with one attached hydrogen (secondary N) is 1. The molecule has 0 bridgehead atoms. The molecule has 4 nitrogen and oxygen atoms in total. The van der Waals surface area contributed by atoms with E-state index in [4.69, 9.17) is 14.2 Å². The monoisotopic (exact) mass is 185 g/mol. The molecule has 13 heavy (non-hydrogen) atoms. The average Bonchev–Trinajstić information content (AvgIpc) is 2.51. The van der Waals surface area contributed by atoms with Gasteiger partial charge in [-0.15, -0.1) is 0 Å². The van der Waals surface area contributed by atoms with Gasteiger partial charge in [-0.25, -0.2) is 0 Å². The van der Waals surface area contributed by atoms with E-state index in [2.05, 4.69) is 5.32 Å². The van der Waals surface area contributed by atoms with Gasteiger partial charge in [0.05, 0.1) is 38.6 Å². The highest BCUT2D eigenvalue weighted by Crippen LogP contribution is 2.33. The predicted molar refractivity (Wildman–Crippen MR) is 45.4 cm³/mol. The van der Waals surface area contributed by atoms with E-state index in [1.54, 1.807) is 0 Å². The van der Waals surface area contributed by atoms with Crippen molar-refractivity contribution >= 4 is 0 Å². The quantitative estimate of drug-likeness (QED) is 0.571. The van der Waals surface area contributed by atoms with Crippen LogP contribution in [-0.4, -0.2) is 44.3 Å². The second kappa shape index (κ2) is 2.67. The lowest BCUT2D eigenvalue weighted by molar-refractivity contribution is -0.194. The third kappa shape index (κ3) is 1.21. The standard InChI is InChI=1S/C9H15NO3/c1-4-13-9(2-3-11-7-9)10-8(1)5-12-6-8/h10H,1-7H2. The topological polar surface area (TPSA) is 39.7 Å². The summed E-state index contributed by atoms with van der Waals surface area (Å²) in [7, 11) is 0. The zero-order chi connectivity index (χ0) is 8.78. The Kier molecular flexibility index (Phi) is 1.68. The number of ether oxygens (including phenoxy) is 3. The third-order valence-corrected chi connectivity index (χ3v) is 3.19. The van der Waals surface area contributed by atoms with Gasteiger partial charge in [-0.1, -0.05) is 0 Å². The minimum atomic E-state index is -0.192. The Morgan fingerprint density at radius 2 is 1.85 bits per heavy atom. The van der Waals surface area contributed by atoms with Crippen LogP contribution in [0.1, 0.15) is 12.8 Å². The van der Waals surface area contributed by atoms with E-state index in [9.17, 15) is 0 Å². The number of hydrogen-bond donors (Lipinski definition) is 1. The SMILES string of the molecule is C1CC2(CO1)NC1(CCO2)COC1. The van der Waals surface area contributed by atoms with Crippen LogP contribution in [-0.2, 0) is 14.2 Å². The van der Waals surface area contributed by atoms with Crippen LogP contribution in [0.25, 0.3) is 0 Å². The van der Waals surface area contributed by atoms with E-state index in [1.165, 1.54) is 0 Å². The van der Waals surface area contributed by atoms with Crippen molar-refractivity contribution < 1.29 is 14.2 Å². The van der Waals surface area contributed by atoms with Crippen LogP contribution in [0.3, 0.4) is 0 Å². The summed E-state index contributed by atoms with van der Waals surface area (Å²) in [6.45, 7) is 3.99. The third-order valence-electron chi connectivity index (χ3n) is 3.19. The zero-order valence-electron chi connectivity index (χ0n) is 7.67. The van der Waals surface area contributed by atoms with E-state index in [-0.39, 0.29) is 11.3 Å². The molecule has 4 heteroatoms. The van der Waals surface area contributed by atoms with Crippen LogP contribution in [0.15, 0.2) is 0 Å². The summed E-state index contributed by atoms with van der Waals surface area (Å²) in [6.07, 6.45) is 2.03. The van der Waals surface area contributed by atoms with Crippen LogP contribution in [0, 0.1) is 0 Å². The van der Waals surface area contributed by atoms with E-state index < -0.39 is 0 Å². The molecule has 0 aromatic heterocycles. The normalized spacial score (nSPS) is 42.5. The van der Waals surface area contributed by atoms with E-state index >= 15 is 0 Å². The molecule has 1 atom stereocenters. The van der Waals surface area contributed by atoms with E-state index in [1.807, 2.05) is 0 Å². The van der Waals surface area contributed by atoms with Crippen molar-refractivity contribution in [3.8, 4) is 0 Å². The Labute approximate surface area is 77.5 Å². The maximum absolute atomic E-state index is 5.77. The molecule has 3 aliphatic rings. The van der Waals surface area contributed by atoms with Gasteiger partial charge in [-0.3, -0.25) is 5.32 Å². The maximum atomic E-state index is 5.77. The van der Waals surface area contributed by atoms with Crippen molar-refractivity contribution in [2.75, 3.05) is 33.0 Å². The predicted octanol–water partition coefficient (Wildman–Crippen LogP) is -0.118. The molecular formula is C9H15NO3. The van der Waals surface area contributed by atoms with Crippen molar-refractivity contribution in [2.45, 2.75) is 24.1 Å². The van der Waals surface area contributed by atoms with Crippen LogP contribution in [0.2, 0.25) is 0 Å². The average molecular weight is 185 g/mol. The first-order valence-corrected chi connectivity index (χ1v) is 4.92. The molecule has 0 amide bonds. The van der Waals surface area contributed by atoms with Gasteiger partial charge >= 0.3 is 0 Å². The van der Waals surface area contributed by atoms with Crippen molar-refractivity contribution in [3.05, 3.63) is 0 Å². The fraction of sp³-hybridized carbons (Fsp3) is 1.00. The molecule has 74 valence electrons. The summed E-state index contributed by atoms with van der Waals surface area (Å²) in [5, 5.41) is 3.57. The van der Waals surface area contributed by atoms with Gasteiger partial charge in [-0.2, -0.15) is 0 Å². The summed E-state index contributed by atoms with van der Waals surface area (Å²) in [5.74, 6) is 0. The van der Waals surface area contributed by atoms with Crippen LogP contribution in [0.4, 0.5) is 0 Å². The molecule has 1 N–H and O–H groups in total. The first kappa shape index (κ1) is 8.17. The lowest BCUT2D eigenvalue weighted by Crippen LogP contribution is -2.71. The fourth-order valence-electron chi connectivity index (χ4n) is 2.35. The van der Waals surface area contributed by atoms with Gasteiger partial charge in [0.1, 0.15) is 5.72 Å². The summed E-state index contributed by atoms with van der Waals surface area (Å²) in [5.41, 5.74) is 0.00792. The molecule has 1 unspecified atom stereocenters. The lowest BCUT2D eigenvalue weighted by Gasteiger charge is -2.51. The first-order chi connectivity index (χ1) is 6.33. The lowest BCUT2D eigenvalue weighted by atomic mass is 9.89. The number of hydrogen-bond acceptors (Lipinski definition) is 4. The minimum Gasteiger partial charge on any atom is -0.377 e. The first-order valence-electron chi connectivity index (χ1n) is 4.92. The molecule has 3 rings (SSSR count). The maximum Gasteiger partial charge on any atom is 0.145 e. The summed E-state index contributed by atoms with van der Waals surface area (Å²) in [4.78, 5) is 0. The Balaban J connectivity index is 1.76. The Morgan fingerprint density at radius 1 is 0.923 bits per heavy atom. The summed E-state index contributed by atoms with van der Waals surface area (Å²) < 4.78 is 16.4. The highest BCUT2D eigenvalue weighted by atomic mass is 16.6. The largest absolute Gasteiger partial charge is 0.377 e. The van der Waals surface area contributed by atoms with Crippen molar-refractivity contribution in [1.29, 1.82) is 0 Å². The Bertz CT molecular complexity index is 209. The van der Waals surface area contributed by atoms with Gasteiger partial charge < -0.3 is 14.2 Å². The van der Waals surface area contributed by atoms with Gasteiger partial charge in [0, 0.05) is 6.42 Å². The van der Waals surface area contributed by atoms with Gasteiger partial charge in [0.2, 0.25) is 0 Å². The summed E-state index contributed by atoms with van der Waals surface area (Å²) >= 11 is 0. The smallest absolute Gasteiger partial charge is 0.145 e. The summed E-state index contributed by atoms with van der Waals surface area (Å²) in [6, 6.07) is 0. The van der Waals surface area contributed by atoms with Crippen molar-refractivity contribution in [3.63, 3.8) is 0 Å². The van der Waals surface area contributed by atoms with Crippen LogP contribution < -0.4 is 5.32 Å². The van der Waals surface area contributed by atoms with Crippen molar-refractivity contribution in [2.24, 2.45) is 0 Å². The molecule has 3 heterocycles. The minimum absolute atomic E-state index is 0.192. The molecule has 0 aromatic rings. The molecule has 3 aliphatic heterocycles. The molecule has 0 aliphatic carbocycles. The van der Waals surface area contributed by atoms with Crippen molar-refractivity contribution in [1.82, 2.24) is 5.32 Å². The zero-order valence-corrected chi connectivity index (χ0v) is 7.67. The van der Waals surface area contributed by atoms with Gasteiger partial charge in [-0.05, 0) is 6.42 Å². The molecule has 2 spiro atoms. The highest BCUT2D eigenvalue weighted by molar-refractivity contribution is 5.02. The van der Waals surface area contributed by atoms with E-state index in [0.29, 0.717) is 6.61 Å². The highest BCUT2D eigenvalue weighted by Gasteiger charge is 2.50. The fourth-order valence-corrected chi connectivity index (χ4v) is 2.35. The van der Waals surface area contributed by atoms with E-state index in [0.717, 1.165) is 39.3 Å². The molecule has 3 saturated heterocycles. The Hall–Kier alpha value is -0.160. The molecule has 3 fully saturated rings. The molecule has 0 aromatic carbocycles. The second-order valence-electron chi connectivity index (χ2n) is 4.29. The number of rotatable bonds is 0. The molecule has 0 saturated carbocycles. The molecule has 0 radical (unpaired) electrons. The van der Waals surface area contributed by atoms with Gasteiger partial charge in [0.25, 0.3) is 0 Å². The van der Waals surface area contributed by atoms with Crippen LogP contribution >= 0.6 is 0 Å². The van der Waals surface area contributed by atoms with Crippen LogP contribution in [0.5, 0.6) is 0 Å². The van der Waals surface area contributed by atoms with Gasteiger partial charge in [0.15, 0.2) is 0 Å².